The first-order valence-electron chi connectivity index (χ1n) is 8.45. The maximum atomic E-state index is 12.8. The molecule has 0 aromatic carbocycles. The molecule has 1 unspecified atom stereocenters. The molecule has 124 valence electrons. The van der Waals surface area contributed by atoms with Crippen LogP contribution >= 0.6 is 0 Å². The second-order valence-corrected chi connectivity index (χ2v) is 6.34. The van der Waals surface area contributed by atoms with Gasteiger partial charge in [-0.15, -0.1) is 0 Å². The highest BCUT2D eigenvalue weighted by Gasteiger charge is 2.30. The zero-order chi connectivity index (χ0) is 16.1. The summed E-state index contributed by atoms with van der Waals surface area (Å²) in [5.74, 6) is 0.782. The van der Waals surface area contributed by atoms with Crippen molar-refractivity contribution in [3.8, 4) is 0 Å². The summed E-state index contributed by atoms with van der Waals surface area (Å²) in [7, 11) is 0. The zero-order valence-electron chi connectivity index (χ0n) is 13.8. The van der Waals surface area contributed by atoms with Gasteiger partial charge in [0.2, 0.25) is 6.43 Å². The molecule has 3 nitrogen and oxygen atoms in total. The van der Waals surface area contributed by atoms with Crippen LogP contribution in [0.25, 0.3) is 0 Å². The van der Waals surface area contributed by atoms with Crippen molar-refractivity contribution < 1.29 is 8.78 Å². The van der Waals surface area contributed by atoms with Crippen LogP contribution in [0.2, 0.25) is 0 Å². The second kappa shape index (κ2) is 7.84. The number of hydrogen-bond acceptors (Lipinski definition) is 3. The molecule has 0 spiro atoms. The lowest BCUT2D eigenvalue weighted by atomic mass is 9.79. The van der Waals surface area contributed by atoms with Gasteiger partial charge in [0.15, 0.2) is 0 Å². The van der Waals surface area contributed by atoms with Crippen molar-refractivity contribution in [2.75, 3.05) is 5.32 Å². The number of anilines is 1. The summed E-state index contributed by atoms with van der Waals surface area (Å²) >= 11 is 0. The number of alkyl halides is 2. The molecule has 0 aliphatic heterocycles. The summed E-state index contributed by atoms with van der Waals surface area (Å²) in [6.45, 7) is 6.38. The van der Waals surface area contributed by atoms with E-state index in [9.17, 15) is 8.78 Å². The lowest BCUT2D eigenvalue weighted by molar-refractivity contribution is 0.0525. The Morgan fingerprint density at radius 1 is 1.18 bits per heavy atom. The number of hydrogen-bond donors (Lipinski definition) is 1. The first-order valence-corrected chi connectivity index (χ1v) is 8.45. The van der Waals surface area contributed by atoms with Gasteiger partial charge in [0.05, 0.1) is 5.69 Å². The third-order valence-electron chi connectivity index (χ3n) is 4.84. The minimum Gasteiger partial charge on any atom is -0.367 e. The van der Waals surface area contributed by atoms with Gasteiger partial charge in [-0.2, -0.15) is 0 Å². The number of rotatable bonds is 6. The van der Waals surface area contributed by atoms with E-state index >= 15 is 0 Å². The van der Waals surface area contributed by atoms with Gasteiger partial charge in [0.1, 0.15) is 12.1 Å². The van der Waals surface area contributed by atoms with Crippen molar-refractivity contribution in [1.29, 1.82) is 0 Å². The maximum Gasteiger partial charge on any atom is 0.241 e. The summed E-state index contributed by atoms with van der Waals surface area (Å²) in [4.78, 5) is 8.89. The van der Waals surface area contributed by atoms with Gasteiger partial charge >= 0.3 is 0 Å². The van der Waals surface area contributed by atoms with Crippen LogP contribution in [0.4, 0.5) is 14.6 Å². The van der Waals surface area contributed by atoms with Gasteiger partial charge in [-0.05, 0) is 45.4 Å². The van der Waals surface area contributed by atoms with E-state index in [1.807, 2.05) is 0 Å². The Labute approximate surface area is 131 Å². The minimum absolute atomic E-state index is 0.297. The molecule has 1 aromatic rings. The molecule has 22 heavy (non-hydrogen) atoms. The normalized spacial score (nSPS) is 23.5. The lowest BCUT2D eigenvalue weighted by Crippen LogP contribution is -2.22. The molecule has 5 heteroatoms. The number of aromatic nitrogens is 2. The van der Waals surface area contributed by atoms with E-state index in [0.717, 1.165) is 42.8 Å². The number of nitrogens with zero attached hydrogens (tertiary/aromatic N) is 2. The fraction of sp³-hybridized carbons (Fsp3) is 0.765. The highest BCUT2D eigenvalue weighted by Crippen LogP contribution is 2.39. The summed E-state index contributed by atoms with van der Waals surface area (Å²) in [5, 5.41) is 3.45. The summed E-state index contributed by atoms with van der Waals surface area (Å²) in [5.41, 5.74) is 2.22. The monoisotopic (exact) mass is 311 g/mol. The second-order valence-electron chi connectivity index (χ2n) is 6.34. The smallest absolute Gasteiger partial charge is 0.241 e. The van der Waals surface area contributed by atoms with Gasteiger partial charge in [-0.1, -0.05) is 13.8 Å². The van der Waals surface area contributed by atoms with Crippen LogP contribution in [0.15, 0.2) is 6.33 Å². The maximum absolute atomic E-state index is 12.8. The van der Waals surface area contributed by atoms with Gasteiger partial charge in [-0.25, -0.2) is 18.7 Å². The van der Waals surface area contributed by atoms with Crippen LogP contribution in [0.1, 0.15) is 70.1 Å². The van der Waals surface area contributed by atoms with Gasteiger partial charge in [0.25, 0.3) is 0 Å². The van der Waals surface area contributed by atoms with E-state index in [1.54, 1.807) is 6.33 Å². The fourth-order valence-corrected chi connectivity index (χ4v) is 3.23. The van der Waals surface area contributed by atoms with Gasteiger partial charge in [-0.3, -0.25) is 0 Å². The van der Waals surface area contributed by atoms with E-state index in [4.69, 9.17) is 0 Å². The predicted octanol–water partition coefficient (Wildman–Crippen LogP) is 4.79. The molecule has 1 aliphatic rings. The van der Waals surface area contributed by atoms with E-state index in [2.05, 4.69) is 36.1 Å². The molecule has 1 saturated carbocycles. The topological polar surface area (TPSA) is 37.8 Å². The van der Waals surface area contributed by atoms with Gasteiger partial charge < -0.3 is 5.32 Å². The van der Waals surface area contributed by atoms with Crippen LogP contribution in [-0.2, 0) is 6.42 Å². The first kappa shape index (κ1) is 17.1. The van der Waals surface area contributed by atoms with E-state index in [0.29, 0.717) is 24.8 Å². The molecule has 2 rings (SSSR count). The average molecular weight is 311 g/mol. The van der Waals surface area contributed by atoms with Crippen molar-refractivity contribution in [3.63, 3.8) is 0 Å². The van der Waals surface area contributed by atoms with Crippen molar-refractivity contribution >= 4 is 5.82 Å². The number of nitrogens with one attached hydrogen (secondary N) is 1. The van der Waals surface area contributed by atoms with Crippen molar-refractivity contribution in [2.24, 2.45) is 5.92 Å². The summed E-state index contributed by atoms with van der Waals surface area (Å²) in [6, 6.07) is 0.364. The Morgan fingerprint density at radius 3 is 2.41 bits per heavy atom. The molecular formula is C17H27F2N3. The Morgan fingerprint density at radius 2 is 1.86 bits per heavy atom. The fourth-order valence-electron chi connectivity index (χ4n) is 3.23. The molecule has 1 aromatic heterocycles. The van der Waals surface area contributed by atoms with E-state index < -0.39 is 12.3 Å². The highest BCUT2D eigenvalue weighted by molar-refractivity contribution is 5.47. The van der Waals surface area contributed by atoms with Gasteiger partial charge in [0, 0.05) is 23.4 Å². The quantitative estimate of drug-likeness (QED) is 0.821. The van der Waals surface area contributed by atoms with Crippen molar-refractivity contribution in [3.05, 3.63) is 17.6 Å². The Balaban J connectivity index is 2.15. The average Bonchev–Trinajstić information content (AvgIpc) is 2.54. The first-order chi connectivity index (χ1) is 10.6. The van der Waals surface area contributed by atoms with Crippen molar-refractivity contribution in [2.45, 2.75) is 77.7 Å². The molecule has 1 atom stereocenters. The third-order valence-corrected chi connectivity index (χ3v) is 4.84. The third kappa shape index (κ3) is 3.93. The Hall–Kier alpha value is -1.26. The van der Waals surface area contributed by atoms with Crippen LogP contribution in [-0.4, -0.2) is 22.4 Å². The molecule has 0 bridgehead atoms. The zero-order valence-corrected chi connectivity index (χ0v) is 13.8. The molecule has 1 aliphatic carbocycles. The molecular weight excluding hydrogens is 284 g/mol. The highest BCUT2D eigenvalue weighted by atomic mass is 19.3. The SMILES string of the molecule is CCc1c(NC(C)CC)ncnc1C1CCC(C(F)F)CC1. The van der Waals surface area contributed by atoms with E-state index in [-0.39, 0.29) is 0 Å². The largest absolute Gasteiger partial charge is 0.367 e. The predicted molar refractivity (Wildman–Crippen MR) is 85.5 cm³/mol. The minimum atomic E-state index is -2.18. The molecule has 1 heterocycles. The standard InChI is InChI=1S/C17H27F2N3/c1-4-11(3)22-17-14(5-2)15(20-10-21-17)12-6-8-13(9-7-12)16(18)19/h10-13,16H,4-9H2,1-3H3,(H,20,21,22). The molecule has 1 fully saturated rings. The Kier molecular flexibility index (Phi) is 6.09. The van der Waals surface area contributed by atoms with E-state index in [1.165, 1.54) is 0 Å². The molecule has 0 radical (unpaired) electrons. The molecule has 0 amide bonds. The molecule has 0 saturated heterocycles. The lowest BCUT2D eigenvalue weighted by Gasteiger charge is -2.29. The van der Waals surface area contributed by atoms with Crippen LogP contribution in [0, 0.1) is 5.92 Å². The van der Waals surface area contributed by atoms with Crippen LogP contribution < -0.4 is 5.32 Å². The van der Waals surface area contributed by atoms with Crippen LogP contribution in [0.3, 0.4) is 0 Å². The van der Waals surface area contributed by atoms with Crippen molar-refractivity contribution in [1.82, 2.24) is 9.97 Å². The summed E-state index contributed by atoms with van der Waals surface area (Å²) < 4.78 is 25.6. The molecule has 1 N–H and O–H groups in total. The number of halogens is 2. The summed E-state index contributed by atoms with van der Waals surface area (Å²) in [6.07, 6.45) is 4.14. The Bertz CT molecular complexity index is 471. The van der Waals surface area contributed by atoms with Crippen LogP contribution in [0.5, 0.6) is 0 Å².